The lowest BCUT2D eigenvalue weighted by Gasteiger charge is -2.30. The molecule has 1 unspecified atom stereocenters. The number of hydrogen-bond donors (Lipinski definition) is 1. The van der Waals surface area contributed by atoms with Crippen molar-refractivity contribution in [2.45, 2.75) is 46.5 Å². The maximum absolute atomic E-state index is 5.16. The van der Waals surface area contributed by atoms with Gasteiger partial charge in [0.05, 0.1) is 0 Å². The van der Waals surface area contributed by atoms with Crippen LogP contribution in [-0.4, -0.2) is 26.8 Å². The van der Waals surface area contributed by atoms with E-state index < -0.39 is 0 Å². The Morgan fingerprint density at radius 2 is 2.06 bits per heavy atom. The van der Waals surface area contributed by atoms with Crippen LogP contribution in [0, 0.1) is 17.3 Å². The first-order valence-corrected chi connectivity index (χ1v) is 6.78. The summed E-state index contributed by atoms with van der Waals surface area (Å²) in [6, 6.07) is 0. The van der Waals surface area contributed by atoms with E-state index in [1.54, 1.807) is 7.11 Å². The summed E-state index contributed by atoms with van der Waals surface area (Å²) in [5, 5.41) is 3.63. The van der Waals surface area contributed by atoms with Gasteiger partial charge in [0.25, 0.3) is 0 Å². The molecule has 2 nitrogen and oxygen atoms in total. The lowest BCUT2D eigenvalue weighted by atomic mass is 9.80. The zero-order valence-corrected chi connectivity index (χ0v) is 11.5. The van der Waals surface area contributed by atoms with E-state index in [4.69, 9.17) is 4.74 Å². The normalized spacial score (nSPS) is 20.1. The molecule has 1 aliphatic carbocycles. The first kappa shape index (κ1) is 14.0. The van der Waals surface area contributed by atoms with Crippen LogP contribution in [0.3, 0.4) is 0 Å². The molecule has 1 saturated carbocycles. The average Bonchev–Trinajstić information content (AvgIpc) is 3.00. The molecule has 0 aromatic rings. The SMILES string of the molecule is COCCCC(C)(CNCC(C)C)C1CC1. The summed E-state index contributed by atoms with van der Waals surface area (Å²) >= 11 is 0. The fraction of sp³-hybridized carbons (Fsp3) is 1.00. The van der Waals surface area contributed by atoms with Crippen molar-refractivity contribution >= 4 is 0 Å². The molecule has 0 aromatic heterocycles. The molecular formula is C14H29NO. The molecule has 1 N–H and O–H groups in total. The molecule has 2 heteroatoms. The Balaban J connectivity index is 2.27. The third-order valence-electron chi connectivity index (χ3n) is 3.74. The molecule has 1 atom stereocenters. The standard InChI is InChI=1S/C14H29NO/c1-12(2)10-15-11-14(3,13-6-7-13)8-5-9-16-4/h12-13,15H,5-11H2,1-4H3. The van der Waals surface area contributed by atoms with Gasteiger partial charge in [0, 0.05) is 20.3 Å². The van der Waals surface area contributed by atoms with Crippen molar-refractivity contribution in [1.82, 2.24) is 5.32 Å². The average molecular weight is 227 g/mol. The van der Waals surface area contributed by atoms with Gasteiger partial charge in [0.15, 0.2) is 0 Å². The monoisotopic (exact) mass is 227 g/mol. The van der Waals surface area contributed by atoms with Crippen molar-refractivity contribution in [3.05, 3.63) is 0 Å². The Hall–Kier alpha value is -0.0800. The molecule has 0 spiro atoms. The second-order valence-corrected chi connectivity index (χ2v) is 6.05. The summed E-state index contributed by atoms with van der Waals surface area (Å²) in [4.78, 5) is 0. The second-order valence-electron chi connectivity index (χ2n) is 6.05. The minimum absolute atomic E-state index is 0.507. The van der Waals surface area contributed by atoms with Crippen LogP contribution in [0.25, 0.3) is 0 Å². The molecule has 0 saturated heterocycles. The maximum atomic E-state index is 5.16. The molecule has 0 heterocycles. The molecule has 0 aliphatic heterocycles. The lowest BCUT2D eigenvalue weighted by Crippen LogP contribution is -2.35. The molecule has 0 radical (unpaired) electrons. The third-order valence-corrected chi connectivity index (χ3v) is 3.74. The van der Waals surface area contributed by atoms with Crippen LogP contribution in [0.2, 0.25) is 0 Å². The Kier molecular flexibility index (Phi) is 5.77. The Morgan fingerprint density at radius 3 is 2.56 bits per heavy atom. The fourth-order valence-corrected chi connectivity index (χ4v) is 2.48. The number of hydrogen-bond acceptors (Lipinski definition) is 2. The van der Waals surface area contributed by atoms with Crippen molar-refractivity contribution < 1.29 is 4.74 Å². The summed E-state index contributed by atoms with van der Waals surface area (Å²) in [7, 11) is 1.80. The maximum Gasteiger partial charge on any atom is 0.0462 e. The van der Waals surface area contributed by atoms with Crippen LogP contribution in [0.4, 0.5) is 0 Å². The van der Waals surface area contributed by atoms with Crippen molar-refractivity contribution in [3.8, 4) is 0 Å². The highest BCUT2D eigenvalue weighted by molar-refractivity contribution is 4.92. The quantitative estimate of drug-likeness (QED) is 0.611. The highest BCUT2D eigenvalue weighted by atomic mass is 16.5. The predicted molar refractivity (Wildman–Crippen MR) is 69.6 cm³/mol. The zero-order valence-electron chi connectivity index (χ0n) is 11.5. The molecule has 1 aliphatic rings. The van der Waals surface area contributed by atoms with Gasteiger partial charge in [-0.05, 0) is 49.5 Å². The van der Waals surface area contributed by atoms with Crippen LogP contribution < -0.4 is 5.32 Å². The van der Waals surface area contributed by atoms with E-state index in [9.17, 15) is 0 Å². The van der Waals surface area contributed by atoms with Gasteiger partial charge in [-0.15, -0.1) is 0 Å². The number of rotatable bonds is 9. The Morgan fingerprint density at radius 1 is 1.38 bits per heavy atom. The molecule has 96 valence electrons. The second kappa shape index (κ2) is 6.61. The van der Waals surface area contributed by atoms with E-state index in [0.717, 1.165) is 25.0 Å². The summed E-state index contributed by atoms with van der Waals surface area (Å²) in [5.41, 5.74) is 0.507. The first-order valence-electron chi connectivity index (χ1n) is 6.78. The van der Waals surface area contributed by atoms with E-state index in [2.05, 4.69) is 26.1 Å². The zero-order chi connectivity index (χ0) is 12.0. The highest BCUT2D eigenvalue weighted by Crippen LogP contribution is 2.47. The molecule has 1 fully saturated rings. The summed E-state index contributed by atoms with van der Waals surface area (Å²) in [6.45, 7) is 10.2. The minimum Gasteiger partial charge on any atom is -0.385 e. The molecule has 0 amide bonds. The lowest BCUT2D eigenvalue weighted by molar-refractivity contribution is 0.158. The molecule has 16 heavy (non-hydrogen) atoms. The van der Waals surface area contributed by atoms with Crippen LogP contribution in [0.1, 0.15) is 46.5 Å². The van der Waals surface area contributed by atoms with Crippen LogP contribution >= 0.6 is 0 Å². The van der Waals surface area contributed by atoms with Crippen molar-refractivity contribution in [2.24, 2.45) is 17.3 Å². The minimum atomic E-state index is 0.507. The van der Waals surface area contributed by atoms with Gasteiger partial charge in [-0.1, -0.05) is 20.8 Å². The van der Waals surface area contributed by atoms with Gasteiger partial charge in [0.1, 0.15) is 0 Å². The van der Waals surface area contributed by atoms with Gasteiger partial charge >= 0.3 is 0 Å². The Bertz CT molecular complexity index is 189. The van der Waals surface area contributed by atoms with Crippen molar-refractivity contribution in [3.63, 3.8) is 0 Å². The summed E-state index contributed by atoms with van der Waals surface area (Å²) in [6.07, 6.45) is 5.38. The van der Waals surface area contributed by atoms with Crippen LogP contribution in [-0.2, 0) is 4.74 Å². The number of methoxy groups -OCH3 is 1. The van der Waals surface area contributed by atoms with Crippen molar-refractivity contribution in [1.29, 1.82) is 0 Å². The molecular weight excluding hydrogens is 198 g/mol. The van der Waals surface area contributed by atoms with Gasteiger partial charge in [-0.3, -0.25) is 0 Å². The van der Waals surface area contributed by atoms with E-state index in [1.807, 2.05) is 0 Å². The van der Waals surface area contributed by atoms with E-state index in [0.29, 0.717) is 5.41 Å². The van der Waals surface area contributed by atoms with E-state index in [1.165, 1.54) is 32.2 Å². The van der Waals surface area contributed by atoms with Gasteiger partial charge in [-0.25, -0.2) is 0 Å². The largest absolute Gasteiger partial charge is 0.385 e. The van der Waals surface area contributed by atoms with Crippen molar-refractivity contribution in [2.75, 3.05) is 26.8 Å². The molecule has 1 rings (SSSR count). The third kappa shape index (κ3) is 4.84. The number of ether oxygens (including phenoxy) is 1. The predicted octanol–water partition coefficient (Wildman–Crippen LogP) is 3.07. The van der Waals surface area contributed by atoms with Gasteiger partial charge in [-0.2, -0.15) is 0 Å². The van der Waals surface area contributed by atoms with Gasteiger partial charge in [0.2, 0.25) is 0 Å². The van der Waals surface area contributed by atoms with E-state index >= 15 is 0 Å². The smallest absolute Gasteiger partial charge is 0.0462 e. The summed E-state index contributed by atoms with van der Waals surface area (Å²) < 4.78 is 5.16. The molecule has 0 aromatic carbocycles. The Labute approximate surface area is 101 Å². The molecule has 0 bridgehead atoms. The van der Waals surface area contributed by atoms with Crippen LogP contribution in [0.15, 0.2) is 0 Å². The highest BCUT2D eigenvalue weighted by Gasteiger charge is 2.40. The van der Waals surface area contributed by atoms with E-state index in [-0.39, 0.29) is 0 Å². The van der Waals surface area contributed by atoms with Crippen LogP contribution in [0.5, 0.6) is 0 Å². The topological polar surface area (TPSA) is 21.3 Å². The summed E-state index contributed by atoms with van der Waals surface area (Å²) in [5.74, 6) is 1.71. The number of nitrogens with one attached hydrogen (secondary N) is 1. The first-order chi connectivity index (χ1) is 7.58. The fourth-order valence-electron chi connectivity index (χ4n) is 2.48. The van der Waals surface area contributed by atoms with Gasteiger partial charge < -0.3 is 10.1 Å².